The zero-order chi connectivity index (χ0) is 14.8. The third-order valence-electron chi connectivity index (χ3n) is 3.64. The van der Waals surface area contributed by atoms with Crippen molar-refractivity contribution < 1.29 is 4.79 Å². The van der Waals surface area contributed by atoms with Gasteiger partial charge < -0.3 is 10.6 Å². The number of aryl methyl sites for hydroxylation is 2. The number of fused-ring (bicyclic) bond motifs is 1. The quantitative estimate of drug-likeness (QED) is 0.913. The predicted octanol–water partition coefficient (Wildman–Crippen LogP) is 2.61. The smallest absolute Gasteiger partial charge is 0.244 e. The van der Waals surface area contributed by atoms with Crippen LogP contribution in [0.15, 0.2) is 24.3 Å². The Kier molecular flexibility index (Phi) is 3.84. The van der Waals surface area contributed by atoms with Crippen LogP contribution in [0.2, 0.25) is 5.02 Å². The monoisotopic (exact) mass is 304 g/mol. The molecule has 0 saturated heterocycles. The van der Waals surface area contributed by atoms with Crippen LogP contribution in [0, 0.1) is 0 Å². The molecular weight excluding hydrogens is 288 g/mol. The number of halogens is 1. The number of amides is 1. The second-order valence-electron chi connectivity index (χ2n) is 5.13. The maximum absolute atomic E-state index is 12.1. The molecule has 2 aromatic rings. The molecule has 1 aliphatic rings. The fraction of sp³-hybridized carbons (Fsp3) is 0.333. The minimum absolute atomic E-state index is 0.104. The summed E-state index contributed by atoms with van der Waals surface area (Å²) >= 11 is 6.04. The number of aromatic nitrogens is 2. The summed E-state index contributed by atoms with van der Waals surface area (Å²) < 4.78 is 1.75. The number of nitrogens with zero attached hydrogens (tertiary/aromatic N) is 2. The van der Waals surface area contributed by atoms with Gasteiger partial charge in [0.15, 0.2) is 0 Å². The van der Waals surface area contributed by atoms with Crippen molar-refractivity contribution >= 4 is 29.0 Å². The Hall–Kier alpha value is -2.01. The molecule has 1 heterocycles. The van der Waals surface area contributed by atoms with E-state index in [9.17, 15) is 4.79 Å². The number of anilines is 2. The molecule has 2 N–H and O–H groups in total. The molecule has 1 aromatic heterocycles. The standard InChI is InChI=1S/C15H17ClN4O/c1-20-15(10-5-4-8-12(10)19-20)18-14(21)9-17-13-7-3-2-6-11(13)16/h2-3,6-7,17H,4-5,8-9H2,1H3,(H,18,21). The van der Waals surface area contributed by atoms with Gasteiger partial charge in [-0.25, -0.2) is 0 Å². The zero-order valence-electron chi connectivity index (χ0n) is 11.8. The van der Waals surface area contributed by atoms with Gasteiger partial charge in [0, 0.05) is 12.6 Å². The van der Waals surface area contributed by atoms with E-state index in [2.05, 4.69) is 15.7 Å². The van der Waals surface area contributed by atoms with Crippen LogP contribution in [-0.2, 0) is 24.7 Å². The van der Waals surface area contributed by atoms with Crippen molar-refractivity contribution in [3.05, 3.63) is 40.5 Å². The van der Waals surface area contributed by atoms with Crippen molar-refractivity contribution in [1.82, 2.24) is 9.78 Å². The fourth-order valence-electron chi connectivity index (χ4n) is 2.63. The van der Waals surface area contributed by atoms with Gasteiger partial charge in [-0.1, -0.05) is 23.7 Å². The van der Waals surface area contributed by atoms with Gasteiger partial charge in [0.25, 0.3) is 0 Å². The molecule has 0 saturated carbocycles. The largest absolute Gasteiger partial charge is 0.375 e. The van der Waals surface area contributed by atoms with Crippen molar-refractivity contribution in [2.24, 2.45) is 7.05 Å². The maximum Gasteiger partial charge on any atom is 0.244 e. The molecule has 6 heteroatoms. The van der Waals surface area contributed by atoms with Gasteiger partial charge in [0.2, 0.25) is 5.91 Å². The van der Waals surface area contributed by atoms with E-state index in [1.807, 2.05) is 25.2 Å². The number of carbonyl (C=O) groups excluding carboxylic acids is 1. The van der Waals surface area contributed by atoms with Crippen molar-refractivity contribution in [2.45, 2.75) is 19.3 Å². The average Bonchev–Trinajstić information content (AvgIpc) is 3.01. The molecule has 110 valence electrons. The highest BCUT2D eigenvalue weighted by atomic mass is 35.5. The minimum atomic E-state index is -0.104. The Morgan fingerprint density at radius 1 is 1.38 bits per heavy atom. The second kappa shape index (κ2) is 5.77. The Labute approximate surface area is 128 Å². The maximum atomic E-state index is 12.1. The summed E-state index contributed by atoms with van der Waals surface area (Å²) in [7, 11) is 1.86. The van der Waals surface area contributed by atoms with E-state index < -0.39 is 0 Å². The Morgan fingerprint density at radius 3 is 3.00 bits per heavy atom. The molecule has 3 rings (SSSR count). The third kappa shape index (κ3) is 2.88. The second-order valence-corrected chi connectivity index (χ2v) is 5.54. The molecule has 1 aliphatic carbocycles. The fourth-order valence-corrected chi connectivity index (χ4v) is 2.83. The lowest BCUT2D eigenvalue weighted by molar-refractivity contribution is -0.114. The van der Waals surface area contributed by atoms with E-state index in [0.29, 0.717) is 5.02 Å². The lowest BCUT2D eigenvalue weighted by Crippen LogP contribution is -2.23. The first-order valence-electron chi connectivity index (χ1n) is 6.98. The summed E-state index contributed by atoms with van der Waals surface area (Å²) in [6, 6.07) is 7.36. The summed E-state index contributed by atoms with van der Waals surface area (Å²) in [4.78, 5) is 12.1. The summed E-state index contributed by atoms with van der Waals surface area (Å²) in [5.74, 6) is 0.709. The number of para-hydroxylation sites is 1. The van der Waals surface area contributed by atoms with Gasteiger partial charge in [-0.05, 0) is 31.4 Å². The lowest BCUT2D eigenvalue weighted by Gasteiger charge is -2.10. The van der Waals surface area contributed by atoms with Crippen LogP contribution >= 0.6 is 11.6 Å². The molecule has 0 spiro atoms. The van der Waals surface area contributed by atoms with Crippen LogP contribution in [0.4, 0.5) is 11.5 Å². The Morgan fingerprint density at radius 2 is 2.19 bits per heavy atom. The number of carbonyl (C=O) groups is 1. The van der Waals surface area contributed by atoms with Gasteiger partial charge in [-0.15, -0.1) is 0 Å². The first kappa shape index (κ1) is 13.9. The topological polar surface area (TPSA) is 59.0 Å². The SMILES string of the molecule is Cn1nc2c(c1NC(=O)CNc1ccccc1Cl)CCC2. The van der Waals surface area contributed by atoms with Gasteiger partial charge in [-0.3, -0.25) is 9.48 Å². The Bertz CT molecular complexity index is 680. The van der Waals surface area contributed by atoms with Crippen LogP contribution in [0.25, 0.3) is 0 Å². The van der Waals surface area contributed by atoms with E-state index in [1.165, 1.54) is 5.56 Å². The Balaban J connectivity index is 1.64. The predicted molar refractivity (Wildman–Crippen MR) is 83.8 cm³/mol. The molecule has 21 heavy (non-hydrogen) atoms. The highest BCUT2D eigenvalue weighted by Crippen LogP contribution is 2.28. The molecular formula is C15H17ClN4O. The normalized spacial score (nSPS) is 13.0. The number of benzene rings is 1. The number of hydrogen-bond acceptors (Lipinski definition) is 3. The van der Waals surface area contributed by atoms with Crippen LogP contribution < -0.4 is 10.6 Å². The van der Waals surface area contributed by atoms with E-state index >= 15 is 0 Å². The average molecular weight is 305 g/mol. The van der Waals surface area contributed by atoms with Crippen LogP contribution in [0.3, 0.4) is 0 Å². The minimum Gasteiger partial charge on any atom is -0.375 e. The number of rotatable bonds is 4. The molecule has 1 aromatic carbocycles. The first-order valence-corrected chi connectivity index (χ1v) is 7.36. The van der Waals surface area contributed by atoms with Crippen LogP contribution in [-0.4, -0.2) is 22.2 Å². The molecule has 0 bridgehead atoms. The summed E-state index contributed by atoms with van der Waals surface area (Å²) in [6.07, 6.45) is 3.09. The van der Waals surface area contributed by atoms with Crippen LogP contribution in [0.1, 0.15) is 17.7 Å². The van der Waals surface area contributed by atoms with Gasteiger partial charge in [-0.2, -0.15) is 5.10 Å². The summed E-state index contributed by atoms with van der Waals surface area (Å²) in [5, 5.41) is 11.0. The molecule has 1 amide bonds. The summed E-state index contributed by atoms with van der Waals surface area (Å²) in [6.45, 7) is 0.170. The molecule has 0 aliphatic heterocycles. The van der Waals surface area contributed by atoms with Crippen molar-refractivity contribution in [1.29, 1.82) is 0 Å². The lowest BCUT2D eigenvalue weighted by atomic mass is 10.2. The van der Waals surface area contributed by atoms with Gasteiger partial charge >= 0.3 is 0 Å². The first-order chi connectivity index (χ1) is 10.1. The third-order valence-corrected chi connectivity index (χ3v) is 3.97. The number of nitrogens with one attached hydrogen (secondary N) is 2. The summed E-state index contributed by atoms with van der Waals surface area (Å²) in [5.41, 5.74) is 3.03. The molecule has 0 atom stereocenters. The molecule has 0 unspecified atom stereocenters. The van der Waals surface area contributed by atoms with Gasteiger partial charge in [0.05, 0.1) is 22.9 Å². The molecule has 0 radical (unpaired) electrons. The highest BCUT2D eigenvalue weighted by molar-refractivity contribution is 6.33. The van der Waals surface area contributed by atoms with E-state index in [1.54, 1.807) is 10.7 Å². The number of hydrogen-bond donors (Lipinski definition) is 2. The van der Waals surface area contributed by atoms with E-state index in [0.717, 1.165) is 36.5 Å². The van der Waals surface area contributed by atoms with Crippen molar-refractivity contribution in [3.63, 3.8) is 0 Å². The van der Waals surface area contributed by atoms with Crippen molar-refractivity contribution in [2.75, 3.05) is 17.2 Å². The van der Waals surface area contributed by atoms with Crippen molar-refractivity contribution in [3.8, 4) is 0 Å². The highest BCUT2D eigenvalue weighted by Gasteiger charge is 2.21. The van der Waals surface area contributed by atoms with Gasteiger partial charge in [0.1, 0.15) is 5.82 Å². The zero-order valence-corrected chi connectivity index (χ0v) is 12.6. The van der Waals surface area contributed by atoms with Crippen LogP contribution in [0.5, 0.6) is 0 Å². The molecule has 0 fully saturated rings. The van der Waals surface area contributed by atoms with E-state index in [4.69, 9.17) is 11.6 Å². The van der Waals surface area contributed by atoms with E-state index in [-0.39, 0.29) is 12.5 Å². The molecule has 5 nitrogen and oxygen atoms in total.